The van der Waals surface area contributed by atoms with Gasteiger partial charge in [-0.25, -0.2) is 0 Å². The van der Waals surface area contributed by atoms with Crippen LogP contribution in [-0.2, 0) is 51.8 Å². The topological polar surface area (TPSA) is 60.7 Å². The average Bonchev–Trinajstić information content (AvgIpc) is 2.96. The fourth-order valence-electron chi connectivity index (χ4n) is 8.04. The first kappa shape index (κ1) is 43.0. The summed E-state index contributed by atoms with van der Waals surface area (Å²) in [4.78, 5) is 0. The molecule has 3 N–H and O–H groups in total. The van der Waals surface area contributed by atoms with Crippen LogP contribution in [0.3, 0.4) is 0 Å². The summed E-state index contributed by atoms with van der Waals surface area (Å²) < 4.78 is 0. The highest BCUT2D eigenvalue weighted by molar-refractivity contribution is 5.53. The summed E-state index contributed by atoms with van der Waals surface area (Å²) in [6.45, 7) is 39.5. The minimum atomic E-state index is -0.206. The van der Waals surface area contributed by atoms with Crippen molar-refractivity contribution in [3.05, 3.63) is 121 Å². The van der Waals surface area contributed by atoms with E-state index in [9.17, 15) is 15.3 Å². The first-order valence-electron chi connectivity index (χ1n) is 20.0. The Hall–Kier alpha value is -3.72. The second-order valence-corrected chi connectivity index (χ2v) is 22.3. The van der Waals surface area contributed by atoms with Crippen LogP contribution in [0.5, 0.6) is 17.2 Å². The van der Waals surface area contributed by atoms with Gasteiger partial charge < -0.3 is 15.3 Å². The summed E-state index contributed by atoms with van der Waals surface area (Å²) >= 11 is 0. The van der Waals surface area contributed by atoms with Gasteiger partial charge in [0.1, 0.15) is 17.2 Å². The molecular weight excluding hydrogens is 661 g/mol. The van der Waals surface area contributed by atoms with Crippen molar-refractivity contribution in [3.8, 4) is 17.2 Å². The number of hydrogen-bond acceptors (Lipinski definition) is 3. The molecule has 0 saturated heterocycles. The van der Waals surface area contributed by atoms with Crippen molar-refractivity contribution in [2.45, 2.75) is 176 Å². The first-order valence-corrected chi connectivity index (χ1v) is 20.0. The molecule has 0 aliphatic heterocycles. The van der Waals surface area contributed by atoms with Crippen LogP contribution in [-0.4, -0.2) is 15.3 Å². The Balaban J connectivity index is 2.02. The van der Waals surface area contributed by atoms with Crippen molar-refractivity contribution >= 4 is 0 Å². The van der Waals surface area contributed by atoms with Gasteiger partial charge >= 0.3 is 0 Å². The molecule has 4 rings (SSSR count). The summed E-state index contributed by atoms with van der Waals surface area (Å²) in [7, 11) is 0. The summed E-state index contributed by atoms with van der Waals surface area (Å²) in [6.07, 6.45) is 2.21. The highest BCUT2D eigenvalue weighted by Crippen LogP contribution is 2.42. The fraction of sp³-hybridized carbons (Fsp3) is 0.529. The van der Waals surface area contributed by atoms with E-state index in [1.807, 2.05) is 18.2 Å². The Morgan fingerprint density at radius 1 is 0.278 bits per heavy atom. The maximum Gasteiger partial charge on any atom is 0.119 e. The number of aromatic hydroxyl groups is 3. The molecule has 0 spiro atoms. The van der Waals surface area contributed by atoms with E-state index >= 15 is 0 Å². The Bertz CT molecular complexity index is 1760. The van der Waals surface area contributed by atoms with Crippen LogP contribution in [0.4, 0.5) is 0 Å². The molecule has 0 aliphatic rings. The van der Waals surface area contributed by atoms with Crippen LogP contribution in [0, 0.1) is 0 Å². The van der Waals surface area contributed by atoms with Gasteiger partial charge in [-0.2, -0.15) is 0 Å². The van der Waals surface area contributed by atoms with Crippen LogP contribution in [0.1, 0.15) is 191 Å². The zero-order chi connectivity index (χ0) is 41.1. The molecule has 0 aromatic heterocycles. The lowest BCUT2D eigenvalue weighted by atomic mass is 9.76. The second kappa shape index (κ2) is 14.4. The van der Waals surface area contributed by atoms with Gasteiger partial charge in [0.05, 0.1) is 0 Å². The van der Waals surface area contributed by atoms with Gasteiger partial charge in [0.25, 0.3) is 0 Å². The highest BCUT2D eigenvalue weighted by atomic mass is 16.3. The molecule has 0 fully saturated rings. The molecule has 294 valence electrons. The lowest BCUT2D eigenvalue weighted by Gasteiger charge is -2.29. The molecular formula is C51H72O3. The predicted molar refractivity (Wildman–Crippen MR) is 231 cm³/mol. The van der Waals surface area contributed by atoms with E-state index in [2.05, 4.69) is 161 Å². The number of hydrogen-bond donors (Lipinski definition) is 3. The standard InChI is InChI=1S/C51H72O3/c1-46(2,3)37-28-43(52)40(49(10,11)12)25-34(37)22-31-19-32(23-35-26-41(50(13,14)15)44(53)29-38(35)47(4,5)6)21-33(20-31)24-36-27-42(51(16,17)18)45(54)30-39(36)48(7,8)9/h19-21,25-30,52-54H,22-24H2,1-18H3. The largest absolute Gasteiger partial charge is 0.508 e. The molecule has 0 aliphatic carbocycles. The quantitative estimate of drug-likeness (QED) is 0.185. The molecule has 0 unspecified atom stereocenters. The molecule has 0 bridgehead atoms. The van der Waals surface area contributed by atoms with Gasteiger partial charge in [-0.05, 0) is 137 Å². The normalized spacial score (nSPS) is 13.4. The van der Waals surface area contributed by atoms with Crippen LogP contribution < -0.4 is 0 Å². The predicted octanol–water partition coefficient (Wildman–Crippen LogP) is 13.4. The minimum Gasteiger partial charge on any atom is -0.508 e. The smallest absolute Gasteiger partial charge is 0.119 e. The zero-order valence-corrected chi connectivity index (χ0v) is 37.2. The maximum atomic E-state index is 11.2. The van der Waals surface area contributed by atoms with E-state index in [-0.39, 0.29) is 32.5 Å². The molecule has 0 amide bonds. The summed E-state index contributed by atoms with van der Waals surface area (Å²) in [6, 6.07) is 19.8. The van der Waals surface area contributed by atoms with E-state index in [4.69, 9.17) is 0 Å². The van der Waals surface area contributed by atoms with Gasteiger partial charge in [0, 0.05) is 0 Å². The van der Waals surface area contributed by atoms with Gasteiger partial charge in [-0.15, -0.1) is 0 Å². The Morgan fingerprint density at radius 2 is 0.463 bits per heavy atom. The molecule has 3 heteroatoms. The highest BCUT2D eigenvalue weighted by Gasteiger charge is 2.29. The minimum absolute atomic E-state index is 0.155. The van der Waals surface area contributed by atoms with E-state index in [0.29, 0.717) is 17.2 Å². The third kappa shape index (κ3) is 9.92. The number of phenolic OH excluding ortho intramolecular Hbond substituents is 3. The third-order valence-electron chi connectivity index (χ3n) is 10.8. The van der Waals surface area contributed by atoms with Crippen LogP contribution in [0.15, 0.2) is 54.6 Å². The Labute approximate surface area is 329 Å². The molecule has 4 aromatic rings. The van der Waals surface area contributed by atoms with E-state index in [0.717, 1.165) is 52.6 Å². The fourth-order valence-corrected chi connectivity index (χ4v) is 8.04. The lowest BCUT2D eigenvalue weighted by molar-refractivity contribution is 0.441. The lowest BCUT2D eigenvalue weighted by Crippen LogP contribution is -2.19. The van der Waals surface area contributed by atoms with Crippen molar-refractivity contribution in [2.75, 3.05) is 0 Å². The van der Waals surface area contributed by atoms with Gasteiger partial charge in [0.15, 0.2) is 0 Å². The number of rotatable bonds is 6. The third-order valence-corrected chi connectivity index (χ3v) is 10.8. The number of phenols is 3. The molecule has 0 saturated carbocycles. The second-order valence-electron chi connectivity index (χ2n) is 22.3. The molecule has 3 nitrogen and oxygen atoms in total. The van der Waals surface area contributed by atoms with Gasteiger partial charge in [-0.3, -0.25) is 0 Å². The SMILES string of the molecule is CC(C)(C)c1cc(Cc2cc(Cc3cc(C(C)(C)C)c(O)cc3C(C)(C)C)cc(Cc3cc(C(C)(C)C)c(O)cc3C(C)(C)C)c2)c(C(C)(C)C)cc1O. The molecule has 0 heterocycles. The van der Waals surface area contributed by atoms with E-state index in [1.165, 1.54) is 33.4 Å². The molecule has 0 atom stereocenters. The van der Waals surface area contributed by atoms with Gasteiger partial charge in [0.2, 0.25) is 0 Å². The molecule has 0 radical (unpaired) electrons. The van der Waals surface area contributed by atoms with Gasteiger partial charge in [-0.1, -0.05) is 161 Å². The Kier molecular flexibility index (Phi) is 11.5. The van der Waals surface area contributed by atoms with Crippen molar-refractivity contribution in [3.63, 3.8) is 0 Å². The molecule has 54 heavy (non-hydrogen) atoms. The summed E-state index contributed by atoms with van der Waals surface area (Å²) in [5.41, 5.74) is 12.7. The Morgan fingerprint density at radius 3 is 0.630 bits per heavy atom. The van der Waals surface area contributed by atoms with Crippen LogP contribution in [0.25, 0.3) is 0 Å². The summed E-state index contributed by atoms with van der Waals surface area (Å²) in [5.74, 6) is 1.08. The van der Waals surface area contributed by atoms with Crippen molar-refractivity contribution in [1.82, 2.24) is 0 Å². The monoisotopic (exact) mass is 733 g/mol. The number of benzene rings is 4. The van der Waals surface area contributed by atoms with E-state index in [1.54, 1.807) is 0 Å². The van der Waals surface area contributed by atoms with Crippen LogP contribution in [0.2, 0.25) is 0 Å². The zero-order valence-electron chi connectivity index (χ0n) is 37.2. The van der Waals surface area contributed by atoms with Crippen molar-refractivity contribution in [2.24, 2.45) is 0 Å². The first-order chi connectivity index (χ1) is 24.3. The summed E-state index contributed by atoms with van der Waals surface area (Å²) in [5, 5.41) is 33.7. The van der Waals surface area contributed by atoms with Crippen molar-refractivity contribution in [1.29, 1.82) is 0 Å². The molecule has 4 aromatic carbocycles. The maximum absolute atomic E-state index is 11.2. The van der Waals surface area contributed by atoms with E-state index < -0.39 is 0 Å². The van der Waals surface area contributed by atoms with Crippen molar-refractivity contribution < 1.29 is 15.3 Å². The van der Waals surface area contributed by atoms with Crippen LogP contribution >= 0.6 is 0 Å². The average molecular weight is 733 g/mol.